The van der Waals surface area contributed by atoms with Crippen LogP contribution in [0, 0.1) is 17.8 Å². The molecule has 2 aromatic heterocycles. The Labute approximate surface area is 188 Å². The van der Waals surface area contributed by atoms with Crippen molar-refractivity contribution in [2.45, 2.75) is 18.2 Å². The zero-order chi connectivity index (χ0) is 22.3. The standard InChI is InChI=1S/C24H26N4O3S/c1-3-16-10-26-24(27-11-16)28-13-20-21(14-28)22(20)15-31-18-6-4-17(5-7-18)23-9-8-19(12-25-23)32(2,29)30/h4-12,20-22H,3,13-15H2,1-2H3/t20-,21?,22+/m1/s1. The number of fused-ring (bicyclic) bond motifs is 1. The van der Waals surface area contributed by atoms with E-state index in [4.69, 9.17) is 4.74 Å². The van der Waals surface area contributed by atoms with Crippen LogP contribution in [0.2, 0.25) is 0 Å². The second-order valence-electron chi connectivity index (χ2n) is 8.63. The van der Waals surface area contributed by atoms with Crippen LogP contribution in [-0.4, -0.2) is 49.3 Å². The van der Waals surface area contributed by atoms with Crippen LogP contribution in [-0.2, 0) is 16.3 Å². The predicted molar refractivity (Wildman–Crippen MR) is 122 cm³/mol. The fourth-order valence-corrected chi connectivity index (χ4v) is 5.00. The minimum atomic E-state index is -3.24. The Hall–Kier alpha value is -3.00. The van der Waals surface area contributed by atoms with Gasteiger partial charge in [-0.05, 0) is 60.2 Å². The lowest BCUT2D eigenvalue weighted by Gasteiger charge is -2.19. The van der Waals surface area contributed by atoms with Crippen LogP contribution < -0.4 is 9.64 Å². The monoisotopic (exact) mass is 450 g/mol. The van der Waals surface area contributed by atoms with Gasteiger partial charge < -0.3 is 9.64 Å². The maximum atomic E-state index is 11.6. The third-order valence-corrected chi connectivity index (χ3v) is 7.61. The first-order chi connectivity index (χ1) is 15.4. The van der Waals surface area contributed by atoms with Crippen LogP contribution in [0.25, 0.3) is 11.3 Å². The van der Waals surface area contributed by atoms with Crippen LogP contribution in [0.3, 0.4) is 0 Å². The quantitative estimate of drug-likeness (QED) is 0.546. The summed E-state index contributed by atoms with van der Waals surface area (Å²) in [5.74, 6) is 3.57. The Morgan fingerprint density at radius 1 is 0.969 bits per heavy atom. The van der Waals surface area contributed by atoms with Gasteiger partial charge in [0.25, 0.3) is 0 Å². The molecule has 0 spiro atoms. The third-order valence-electron chi connectivity index (χ3n) is 6.51. The molecule has 166 valence electrons. The number of anilines is 1. The molecule has 5 rings (SSSR count). The van der Waals surface area contributed by atoms with E-state index in [9.17, 15) is 8.42 Å². The SMILES string of the molecule is CCc1cnc(N2CC3[C@@H](COc4ccc(-c5ccc(S(C)(=O)=O)cn5)cc4)[C@@H]3C2)nc1. The molecule has 3 heterocycles. The number of rotatable bonds is 7. The van der Waals surface area contributed by atoms with E-state index in [2.05, 4.69) is 26.8 Å². The summed E-state index contributed by atoms with van der Waals surface area (Å²) in [6, 6.07) is 11.1. The molecule has 1 aromatic carbocycles. The van der Waals surface area contributed by atoms with Crippen LogP contribution in [0.5, 0.6) is 5.75 Å². The summed E-state index contributed by atoms with van der Waals surface area (Å²) >= 11 is 0. The Kier molecular flexibility index (Phi) is 5.33. The van der Waals surface area contributed by atoms with Gasteiger partial charge in [-0.2, -0.15) is 0 Å². The van der Waals surface area contributed by atoms with Gasteiger partial charge in [-0.15, -0.1) is 0 Å². The molecule has 0 radical (unpaired) electrons. The molecule has 0 bridgehead atoms. The van der Waals surface area contributed by atoms with E-state index in [0.29, 0.717) is 17.8 Å². The molecule has 1 saturated carbocycles. The molecule has 1 aliphatic heterocycles. The molecule has 1 unspecified atom stereocenters. The topological polar surface area (TPSA) is 85.3 Å². The van der Waals surface area contributed by atoms with Gasteiger partial charge in [0.2, 0.25) is 5.95 Å². The molecular weight excluding hydrogens is 424 g/mol. The van der Waals surface area contributed by atoms with Crippen LogP contribution >= 0.6 is 0 Å². The Bertz CT molecular complexity index is 1180. The molecule has 3 atom stereocenters. The summed E-state index contributed by atoms with van der Waals surface area (Å²) in [5, 5.41) is 0. The van der Waals surface area contributed by atoms with Gasteiger partial charge in [0.15, 0.2) is 9.84 Å². The Balaban J connectivity index is 1.13. The van der Waals surface area contributed by atoms with Gasteiger partial charge in [-0.1, -0.05) is 6.92 Å². The van der Waals surface area contributed by atoms with Gasteiger partial charge in [0.05, 0.1) is 17.2 Å². The number of pyridine rings is 1. The average Bonchev–Trinajstić information content (AvgIpc) is 3.26. The van der Waals surface area contributed by atoms with Crippen molar-refractivity contribution in [2.24, 2.45) is 17.8 Å². The van der Waals surface area contributed by atoms with E-state index in [1.54, 1.807) is 12.1 Å². The molecule has 2 aliphatic rings. The molecule has 32 heavy (non-hydrogen) atoms. The largest absolute Gasteiger partial charge is 0.493 e. The van der Waals surface area contributed by atoms with E-state index in [0.717, 1.165) is 54.6 Å². The molecule has 1 aliphatic carbocycles. The van der Waals surface area contributed by atoms with E-state index >= 15 is 0 Å². The van der Waals surface area contributed by atoms with Crippen molar-refractivity contribution in [1.82, 2.24) is 15.0 Å². The van der Waals surface area contributed by atoms with Crippen molar-refractivity contribution in [3.63, 3.8) is 0 Å². The van der Waals surface area contributed by atoms with Crippen molar-refractivity contribution in [3.8, 4) is 17.0 Å². The highest BCUT2D eigenvalue weighted by Gasteiger charge is 2.56. The summed E-state index contributed by atoms with van der Waals surface area (Å²) in [6.45, 7) is 4.83. The number of nitrogens with zero attached hydrogens (tertiary/aromatic N) is 4. The van der Waals surface area contributed by atoms with Crippen molar-refractivity contribution in [2.75, 3.05) is 30.9 Å². The Morgan fingerprint density at radius 2 is 1.66 bits per heavy atom. The number of aryl methyl sites for hydroxylation is 1. The molecule has 2 fully saturated rings. The zero-order valence-corrected chi connectivity index (χ0v) is 19.0. The molecule has 1 saturated heterocycles. The van der Waals surface area contributed by atoms with Crippen molar-refractivity contribution >= 4 is 15.8 Å². The minimum Gasteiger partial charge on any atom is -0.493 e. The lowest BCUT2D eigenvalue weighted by molar-refractivity contribution is 0.283. The second kappa shape index (κ2) is 8.16. The lowest BCUT2D eigenvalue weighted by atomic mass is 10.1. The van der Waals surface area contributed by atoms with E-state index < -0.39 is 9.84 Å². The fraction of sp³-hybridized carbons (Fsp3) is 0.375. The molecule has 0 amide bonds. The highest BCUT2D eigenvalue weighted by Crippen LogP contribution is 2.52. The van der Waals surface area contributed by atoms with Gasteiger partial charge in [0, 0.05) is 49.4 Å². The number of sulfone groups is 1. The first kappa shape index (κ1) is 20.9. The number of ether oxygens (including phenoxy) is 1. The van der Waals surface area contributed by atoms with E-state index in [-0.39, 0.29) is 4.90 Å². The highest BCUT2D eigenvalue weighted by atomic mass is 32.2. The van der Waals surface area contributed by atoms with Crippen LogP contribution in [0.1, 0.15) is 12.5 Å². The maximum absolute atomic E-state index is 11.6. The van der Waals surface area contributed by atoms with Gasteiger partial charge in [-0.25, -0.2) is 18.4 Å². The van der Waals surface area contributed by atoms with Crippen LogP contribution in [0.15, 0.2) is 59.9 Å². The fourth-order valence-electron chi connectivity index (χ4n) is 4.44. The van der Waals surface area contributed by atoms with Gasteiger partial charge in [-0.3, -0.25) is 4.98 Å². The predicted octanol–water partition coefficient (Wildman–Crippen LogP) is 3.27. The normalized spacial score (nSPS) is 21.9. The molecule has 3 aromatic rings. The van der Waals surface area contributed by atoms with Crippen molar-refractivity contribution in [3.05, 3.63) is 60.6 Å². The smallest absolute Gasteiger partial charge is 0.225 e. The van der Waals surface area contributed by atoms with E-state index in [1.807, 2.05) is 36.7 Å². The van der Waals surface area contributed by atoms with Gasteiger partial charge >= 0.3 is 0 Å². The summed E-state index contributed by atoms with van der Waals surface area (Å²) in [5.41, 5.74) is 2.82. The number of hydrogen-bond acceptors (Lipinski definition) is 7. The molecule has 0 N–H and O–H groups in total. The molecule has 8 heteroatoms. The maximum Gasteiger partial charge on any atom is 0.225 e. The molecular formula is C24H26N4O3S. The van der Waals surface area contributed by atoms with Gasteiger partial charge in [0.1, 0.15) is 5.75 Å². The average molecular weight is 451 g/mol. The summed E-state index contributed by atoms with van der Waals surface area (Å²) in [6.07, 6.45) is 7.38. The Morgan fingerprint density at radius 3 is 2.22 bits per heavy atom. The van der Waals surface area contributed by atoms with Crippen molar-refractivity contribution < 1.29 is 13.2 Å². The summed E-state index contributed by atoms with van der Waals surface area (Å²) in [7, 11) is -3.24. The zero-order valence-electron chi connectivity index (χ0n) is 18.2. The van der Waals surface area contributed by atoms with Crippen molar-refractivity contribution in [1.29, 1.82) is 0 Å². The van der Waals surface area contributed by atoms with Crippen LogP contribution in [0.4, 0.5) is 5.95 Å². The minimum absolute atomic E-state index is 0.222. The molecule has 7 nitrogen and oxygen atoms in total. The number of aromatic nitrogens is 3. The number of hydrogen-bond donors (Lipinski definition) is 0. The second-order valence-corrected chi connectivity index (χ2v) is 10.6. The summed E-state index contributed by atoms with van der Waals surface area (Å²) in [4.78, 5) is 15.8. The number of piperidine rings is 1. The lowest BCUT2D eigenvalue weighted by Crippen LogP contribution is -2.27. The summed E-state index contributed by atoms with van der Waals surface area (Å²) < 4.78 is 29.2. The first-order valence-corrected chi connectivity index (χ1v) is 12.8. The van der Waals surface area contributed by atoms with E-state index in [1.165, 1.54) is 12.5 Å². The highest BCUT2D eigenvalue weighted by molar-refractivity contribution is 7.90. The number of benzene rings is 1. The third kappa shape index (κ3) is 4.19. The first-order valence-electron chi connectivity index (χ1n) is 10.9.